The van der Waals surface area contributed by atoms with Crippen LogP contribution in [0.3, 0.4) is 0 Å². The predicted molar refractivity (Wildman–Crippen MR) is 58.7 cm³/mol. The fourth-order valence-corrected chi connectivity index (χ4v) is 1.33. The highest BCUT2D eigenvalue weighted by Crippen LogP contribution is 2.12. The number of benzene rings is 1. The highest BCUT2D eigenvalue weighted by atomic mass is 14.8. The molecule has 0 aliphatic heterocycles. The summed E-state index contributed by atoms with van der Waals surface area (Å²) >= 11 is 0. The van der Waals surface area contributed by atoms with Crippen molar-refractivity contribution in [1.29, 1.82) is 0 Å². The molecule has 13 heavy (non-hydrogen) atoms. The molecule has 0 aromatic heterocycles. The molecule has 0 radical (unpaired) electrons. The van der Waals surface area contributed by atoms with Gasteiger partial charge in [-0.25, -0.2) is 0 Å². The Hall–Kier alpha value is -1.08. The molecule has 0 atom stereocenters. The Morgan fingerprint density at radius 2 is 2.23 bits per heavy atom. The van der Waals surface area contributed by atoms with Gasteiger partial charge in [0, 0.05) is 6.54 Å². The maximum atomic E-state index is 3.81. The number of rotatable bonds is 4. The molecule has 1 aromatic carbocycles. The Kier molecular flexibility index (Phi) is 3.71. The summed E-state index contributed by atoms with van der Waals surface area (Å²) in [6, 6.07) is 6.47. The summed E-state index contributed by atoms with van der Waals surface area (Å²) in [5.41, 5.74) is 3.85. The van der Waals surface area contributed by atoms with E-state index in [4.69, 9.17) is 0 Å². The van der Waals surface area contributed by atoms with Gasteiger partial charge in [0.15, 0.2) is 0 Å². The quantitative estimate of drug-likeness (QED) is 0.742. The van der Waals surface area contributed by atoms with Crippen molar-refractivity contribution in [2.24, 2.45) is 0 Å². The second kappa shape index (κ2) is 4.83. The number of hydrogen-bond acceptors (Lipinski definition) is 1. The SMILES string of the molecule is C=Cc1cc(C)ccc1CNCC. The molecule has 1 rings (SSSR count). The first kappa shape index (κ1) is 10.0. The zero-order valence-corrected chi connectivity index (χ0v) is 8.43. The number of aryl methyl sites for hydroxylation is 1. The van der Waals surface area contributed by atoms with Crippen molar-refractivity contribution in [3.8, 4) is 0 Å². The lowest BCUT2D eigenvalue weighted by atomic mass is 10.0. The van der Waals surface area contributed by atoms with Crippen molar-refractivity contribution in [3.05, 3.63) is 41.5 Å². The maximum absolute atomic E-state index is 3.81. The summed E-state index contributed by atoms with van der Waals surface area (Å²) < 4.78 is 0. The van der Waals surface area contributed by atoms with Crippen molar-refractivity contribution in [2.45, 2.75) is 20.4 Å². The molecular formula is C12H17N. The van der Waals surface area contributed by atoms with E-state index in [0.29, 0.717) is 0 Å². The number of nitrogens with one attached hydrogen (secondary N) is 1. The average Bonchev–Trinajstić information content (AvgIpc) is 2.16. The molecular weight excluding hydrogens is 158 g/mol. The van der Waals surface area contributed by atoms with Gasteiger partial charge in [0.2, 0.25) is 0 Å². The minimum atomic E-state index is 0.929. The fourth-order valence-electron chi connectivity index (χ4n) is 1.33. The van der Waals surface area contributed by atoms with E-state index in [0.717, 1.165) is 13.1 Å². The standard InChI is InChI=1S/C12H17N/c1-4-11-8-10(3)6-7-12(11)9-13-5-2/h4,6-8,13H,1,5,9H2,2-3H3. The van der Waals surface area contributed by atoms with Gasteiger partial charge in [-0.3, -0.25) is 0 Å². The van der Waals surface area contributed by atoms with Crippen LogP contribution < -0.4 is 5.32 Å². The van der Waals surface area contributed by atoms with Gasteiger partial charge in [0.05, 0.1) is 0 Å². The van der Waals surface area contributed by atoms with Crippen LogP contribution in [0.1, 0.15) is 23.6 Å². The minimum Gasteiger partial charge on any atom is -0.313 e. The second-order valence-electron chi connectivity index (χ2n) is 3.19. The Morgan fingerprint density at radius 1 is 1.46 bits per heavy atom. The molecule has 1 N–H and O–H groups in total. The Labute approximate surface area is 80.5 Å². The first-order chi connectivity index (χ1) is 6.27. The van der Waals surface area contributed by atoms with E-state index >= 15 is 0 Å². The Balaban J connectivity index is 2.86. The molecule has 0 heterocycles. The van der Waals surface area contributed by atoms with Gasteiger partial charge >= 0.3 is 0 Å². The Bertz CT molecular complexity index is 289. The van der Waals surface area contributed by atoms with Crippen LogP contribution in [0.2, 0.25) is 0 Å². The minimum absolute atomic E-state index is 0.929. The topological polar surface area (TPSA) is 12.0 Å². The van der Waals surface area contributed by atoms with E-state index in [1.54, 1.807) is 0 Å². The van der Waals surface area contributed by atoms with Gasteiger partial charge in [-0.05, 0) is 24.6 Å². The van der Waals surface area contributed by atoms with Crippen molar-refractivity contribution in [2.75, 3.05) is 6.54 Å². The van der Waals surface area contributed by atoms with Gasteiger partial charge in [-0.2, -0.15) is 0 Å². The summed E-state index contributed by atoms with van der Waals surface area (Å²) in [5, 5.41) is 3.31. The normalized spacial score (nSPS) is 10.0. The highest BCUT2D eigenvalue weighted by Gasteiger charge is 1.97. The third-order valence-corrected chi connectivity index (χ3v) is 2.09. The molecule has 1 nitrogen and oxygen atoms in total. The lowest BCUT2D eigenvalue weighted by molar-refractivity contribution is 0.726. The highest BCUT2D eigenvalue weighted by molar-refractivity contribution is 5.53. The summed E-state index contributed by atoms with van der Waals surface area (Å²) in [5.74, 6) is 0. The lowest BCUT2D eigenvalue weighted by Crippen LogP contribution is -2.12. The molecule has 0 saturated carbocycles. The Morgan fingerprint density at radius 3 is 2.85 bits per heavy atom. The van der Waals surface area contributed by atoms with Crippen LogP contribution >= 0.6 is 0 Å². The third kappa shape index (κ3) is 2.71. The smallest absolute Gasteiger partial charge is 0.0211 e. The molecule has 0 bridgehead atoms. The van der Waals surface area contributed by atoms with E-state index in [1.807, 2.05) is 6.08 Å². The summed E-state index contributed by atoms with van der Waals surface area (Å²) in [6.07, 6.45) is 1.92. The van der Waals surface area contributed by atoms with Crippen molar-refractivity contribution in [3.63, 3.8) is 0 Å². The van der Waals surface area contributed by atoms with E-state index in [9.17, 15) is 0 Å². The van der Waals surface area contributed by atoms with Crippen LogP contribution in [0, 0.1) is 6.92 Å². The average molecular weight is 175 g/mol. The summed E-state index contributed by atoms with van der Waals surface area (Å²) in [6.45, 7) is 9.96. The predicted octanol–water partition coefficient (Wildman–Crippen LogP) is 2.75. The first-order valence-electron chi connectivity index (χ1n) is 4.70. The molecule has 0 saturated heterocycles. The molecule has 0 aliphatic rings. The maximum Gasteiger partial charge on any atom is 0.0211 e. The van der Waals surface area contributed by atoms with Gasteiger partial charge in [-0.15, -0.1) is 0 Å². The van der Waals surface area contributed by atoms with Gasteiger partial charge in [-0.1, -0.05) is 43.3 Å². The fraction of sp³-hybridized carbons (Fsp3) is 0.333. The molecule has 70 valence electrons. The van der Waals surface area contributed by atoms with Gasteiger partial charge < -0.3 is 5.32 Å². The van der Waals surface area contributed by atoms with Crippen molar-refractivity contribution < 1.29 is 0 Å². The van der Waals surface area contributed by atoms with Crippen molar-refractivity contribution >= 4 is 6.08 Å². The van der Waals surface area contributed by atoms with E-state index < -0.39 is 0 Å². The monoisotopic (exact) mass is 175 g/mol. The molecule has 0 unspecified atom stereocenters. The van der Waals surface area contributed by atoms with E-state index in [-0.39, 0.29) is 0 Å². The molecule has 1 aromatic rings. The van der Waals surface area contributed by atoms with Gasteiger partial charge in [0.1, 0.15) is 0 Å². The van der Waals surface area contributed by atoms with Crippen LogP contribution in [0.4, 0.5) is 0 Å². The molecule has 0 amide bonds. The summed E-state index contributed by atoms with van der Waals surface area (Å²) in [4.78, 5) is 0. The molecule has 0 aliphatic carbocycles. The van der Waals surface area contributed by atoms with E-state index in [2.05, 4.69) is 43.9 Å². The number of hydrogen-bond donors (Lipinski definition) is 1. The largest absolute Gasteiger partial charge is 0.313 e. The third-order valence-electron chi connectivity index (χ3n) is 2.09. The van der Waals surface area contributed by atoms with E-state index in [1.165, 1.54) is 16.7 Å². The van der Waals surface area contributed by atoms with Crippen molar-refractivity contribution in [1.82, 2.24) is 5.32 Å². The lowest BCUT2D eigenvalue weighted by Gasteiger charge is -2.07. The van der Waals surface area contributed by atoms with Crippen LogP contribution in [0.5, 0.6) is 0 Å². The van der Waals surface area contributed by atoms with Gasteiger partial charge in [0.25, 0.3) is 0 Å². The van der Waals surface area contributed by atoms with Crippen LogP contribution in [0.25, 0.3) is 6.08 Å². The van der Waals surface area contributed by atoms with Crippen LogP contribution in [0.15, 0.2) is 24.8 Å². The molecule has 0 spiro atoms. The van der Waals surface area contributed by atoms with Crippen LogP contribution in [-0.4, -0.2) is 6.54 Å². The zero-order chi connectivity index (χ0) is 9.68. The second-order valence-corrected chi connectivity index (χ2v) is 3.19. The zero-order valence-electron chi connectivity index (χ0n) is 8.43. The molecule has 1 heteroatoms. The van der Waals surface area contributed by atoms with Crippen LogP contribution in [-0.2, 0) is 6.54 Å². The first-order valence-corrected chi connectivity index (χ1v) is 4.70. The molecule has 0 fully saturated rings. The summed E-state index contributed by atoms with van der Waals surface area (Å²) in [7, 11) is 0.